The Hall–Kier alpha value is -2.34. The summed E-state index contributed by atoms with van der Waals surface area (Å²) < 4.78 is 13.4. The van der Waals surface area contributed by atoms with Crippen molar-refractivity contribution >= 4 is 28.9 Å². The zero-order chi connectivity index (χ0) is 13.7. The van der Waals surface area contributed by atoms with Gasteiger partial charge >= 0.3 is 0 Å². The van der Waals surface area contributed by atoms with Crippen LogP contribution >= 0.6 is 12.2 Å². The maximum atomic E-state index is 13.4. The normalized spacial score (nSPS) is 9.74. The van der Waals surface area contributed by atoms with Gasteiger partial charge in [-0.1, -0.05) is 12.1 Å². The Balaban J connectivity index is 2.00. The van der Waals surface area contributed by atoms with Gasteiger partial charge in [0.05, 0.1) is 17.4 Å². The van der Waals surface area contributed by atoms with Gasteiger partial charge in [-0.15, -0.1) is 0 Å². The molecule has 2 aromatic rings. The molecule has 0 saturated carbocycles. The smallest absolute Gasteiger partial charge is 0.260 e. The molecule has 0 unspecified atom stereocenters. The van der Waals surface area contributed by atoms with Crippen LogP contribution in [0, 0.1) is 5.82 Å². The van der Waals surface area contributed by atoms with E-state index in [1.54, 1.807) is 30.6 Å². The molecule has 2 N–H and O–H groups in total. The number of thiocarbonyl (C=S) groups is 1. The third kappa shape index (κ3) is 3.56. The molecule has 96 valence electrons. The summed E-state index contributed by atoms with van der Waals surface area (Å²) in [6, 6.07) is 9.16. The lowest BCUT2D eigenvalue weighted by molar-refractivity contribution is 0.0974. The summed E-state index contributed by atoms with van der Waals surface area (Å²) in [7, 11) is 0. The number of nitrogens with zero attached hydrogens (tertiary/aromatic N) is 1. The number of nitrogens with one attached hydrogen (secondary N) is 2. The Kier molecular flexibility index (Phi) is 4.15. The molecule has 4 nitrogen and oxygen atoms in total. The first-order valence-corrected chi connectivity index (χ1v) is 5.84. The minimum Gasteiger partial charge on any atom is -0.331 e. The number of hydrogen-bond acceptors (Lipinski definition) is 3. The minimum absolute atomic E-state index is 0.0576. The van der Waals surface area contributed by atoms with E-state index in [2.05, 4.69) is 15.6 Å². The molecule has 1 aromatic heterocycles. The molecule has 0 radical (unpaired) electrons. The number of pyridine rings is 1. The number of carbonyl (C=O) groups is 1. The largest absolute Gasteiger partial charge is 0.331 e. The maximum absolute atomic E-state index is 13.4. The van der Waals surface area contributed by atoms with Crippen LogP contribution in [0.2, 0.25) is 0 Å². The van der Waals surface area contributed by atoms with Gasteiger partial charge in [-0.2, -0.15) is 0 Å². The first kappa shape index (κ1) is 13.1. The molecule has 1 heterocycles. The molecule has 0 aliphatic heterocycles. The lowest BCUT2D eigenvalue weighted by atomic mass is 10.2. The second-order valence-corrected chi connectivity index (χ2v) is 4.04. The van der Waals surface area contributed by atoms with Crippen molar-refractivity contribution in [1.29, 1.82) is 0 Å². The monoisotopic (exact) mass is 275 g/mol. The average Bonchev–Trinajstić information content (AvgIpc) is 2.40. The van der Waals surface area contributed by atoms with E-state index in [0.29, 0.717) is 5.69 Å². The fraction of sp³-hybridized carbons (Fsp3) is 0. The highest BCUT2D eigenvalue weighted by Crippen LogP contribution is 2.06. The van der Waals surface area contributed by atoms with Crippen LogP contribution in [-0.2, 0) is 0 Å². The van der Waals surface area contributed by atoms with Crippen LogP contribution in [0.4, 0.5) is 10.1 Å². The van der Waals surface area contributed by atoms with Crippen molar-refractivity contribution in [2.45, 2.75) is 0 Å². The summed E-state index contributed by atoms with van der Waals surface area (Å²) in [6.07, 6.45) is 3.17. The van der Waals surface area contributed by atoms with Crippen molar-refractivity contribution in [3.8, 4) is 0 Å². The Bertz CT molecular complexity index is 604. The Labute approximate surface area is 114 Å². The number of halogens is 1. The van der Waals surface area contributed by atoms with Crippen LogP contribution < -0.4 is 10.6 Å². The van der Waals surface area contributed by atoms with Crippen molar-refractivity contribution in [3.05, 3.63) is 60.2 Å². The maximum Gasteiger partial charge on any atom is 0.260 e. The Morgan fingerprint density at radius 1 is 1.21 bits per heavy atom. The standard InChI is InChI=1S/C13H10FN3OS/c14-11-6-2-1-5-10(11)12(18)17-13(19)16-9-4-3-7-15-8-9/h1-8H,(H2,16,17,18,19). The van der Waals surface area contributed by atoms with Gasteiger partial charge in [0.1, 0.15) is 5.82 Å². The van der Waals surface area contributed by atoms with E-state index in [1.165, 1.54) is 18.2 Å². The summed E-state index contributed by atoms with van der Waals surface area (Å²) in [5, 5.41) is 5.26. The number of rotatable bonds is 2. The zero-order valence-electron chi connectivity index (χ0n) is 9.76. The minimum atomic E-state index is -0.598. The van der Waals surface area contributed by atoms with E-state index in [1.807, 2.05) is 0 Å². The summed E-state index contributed by atoms with van der Waals surface area (Å²) in [5.74, 6) is -1.19. The van der Waals surface area contributed by atoms with E-state index in [-0.39, 0.29) is 10.7 Å². The Morgan fingerprint density at radius 2 is 2.00 bits per heavy atom. The van der Waals surface area contributed by atoms with Crippen molar-refractivity contribution in [3.63, 3.8) is 0 Å². The highest BCUT2D eigenvalue weighted by molar-refractivity contribution is 7.80. The SMILES string of the molecule is O=C(NC(=S)Nc1cccnc1)c1ccccc1F. The summed E-state index contributed by atoms with van der Waals surface area (Å²) in [5.41, 5.74) is 0.583. The van der Waals surface area contributed by atoms with Crippen LogP contribution in [0.5, 0.6) is 0 Å². The summed E-state index contributed by atoms with van der Waals surface area (Å²) in [6.45, 7) is 0. The van der Waals surface area contributed by atoms with Gasteiger partial charge in [0.2, 0.25) is 0 Å². The number of anilines is 1. The zero-order valence-corrected chi connectivity index (χ0v) is 10.6. The number of amides is 1. The van der Waals surface area contributed by atoms with E-state index in [9.17, 15) is 9.18 Å². The predicted molar refractivity (Wildman–Crippen MR) is 74.3 cm³/mol. The molecule has 2 rings (SSSR count). The van der Waals surface area contributed by atoms with Crippen LogP contribution in [0.1, 0.15) is 10.4 Å². The fourth-order valence-corrected chi connectivity index (χ4v) is 1.63. The van der Waals surface area contributed by atoms with E-state index in [0.717, 1.165) is 0 Å². The first-order chi connectivity index (χ1) is 9.16. The Morgan fingerprint density at radius 3 is 2.68 bits per heavy atom. The topological polar surface area (TPSA) is 54.0 Å². The second kappa shape index (κ2) is 6.01. The van der Waals surface area contributed by atoms with Crippen molar-refractivity contribution in [1.82, 2.24) is 10.3 Å². The van der Waals surface area contributed by atoms with Gasteiger partial charge in [-0.3, -0.25) is 15.1 Å². The van der Waals surface area contributed by atoms with E-state index >= 15 is 0 Å². The molecule has 19 heavy (non-hydrogen) atoms. The number of carbonyl (C=O) groups excluding carboxylic acids is 1. The molecule has 0 spiro atoms. The average molecular weight is 275 g/mol. The molecule has 0 bridgehead atoms. The molecule has 6 heteroatoms. The van der Waals surface area contributed by atoms with Crippen LogP contribution in [-0.4, -0.2) is 16.0 Å². The van der Waals surface area contributed by atoms with Gasteiger partial charge < -0.3 is 5.32 Å². The third-order valence-corrected chi connectivity index (χ3v) is 2.47. The fourth-order valence-electron chi connectivity index (χ4n) is 1.41. The summed E-state index contributed by atoms with van der Waals surface area (Å²) in [4.78, 5) is 15.7. The van der Waals surface area contributed by atoms with Crippen molar-refractivity contribution in [2.24, 2.45) is 0 Å². The molecule has 0 saturated heterocycles. The molecule has 0 atom stereocenters. The molecular formula is C13H10FN3OS. The third-order valence-electron chi connectivity index (χ3n) is 2.26. The molecule has 0 aliphatic carbocycles. The van der Waals surface area contributed by atoms with Gasteiger partial charge in [-0.25, -0.2) is 4.39 Å². The molecule has 1 amide bonds. The van der Waals surface area contributed by atoms with Gasteiger partial charge in [0, 0.05) is 6.20 Å². The number of aromatic nitrogens is 1. The van der Waals surface area contributed by atoms with Crippen molar-refractivity contribution < 1.29 is 9.18 Å². The van der Waals surface area contributed by atoms with Crippen LogP contribution in [0.3, 0.4) is 0 Å². The van der Waals surface area contributed by atoms with Gasteiger partial charge in [0.25, 0.3) is 5.91 Å². The van der Waals surface area contributed by atoms with Crippen molar-refractivity contribution in [2.75, 3.05) is 5.32 Å². The molecule has 0 fully saturated rings. The lowest BCUT2D eigenvalue weighted by Crippen LogP contribution is -2.34. The molecule has 1 aromatic carbocycles. The molecular weight excluding hydrogens is 265 g/mol. The van der Waals surface area contributed by atoms with Gasteiger partial charge in [-0.05, 0) is 36.5 Å². The number of hydrogen-bond donors (Lipinski definition) is 2. The lowest BCUT2D eigenvalue weighted by Gasteiger charge is -2.09. The quantitative estimate of drug-likeness (QED) is 0.826. The predicted octanol–water partition coefficient (Wildman–Crippen LogP) is 2.35. The van der Waals surface area contributed by atoms with E-state index in [4.69, 9.17) is 12.2 Å². The summed E-state index contributed by atoms with van der Waals surface area (Å²) >= 11 is 4.96. The van der Waals surface area contributed by atoms with E-state index < -0.39 is 11.7 Å². The first-order valence-electron chi connectivity index (χ1n) is 5.43. The highest BCUT2D eigenvalue weighted by atomic mass is 32.1. The van der Waals surface area contributed by atoms with Crippen LogP contribution in [0.15, 0.2) is 48.8 Å². The number of benzene rings is 1. The molecule has 0 aliphatic rings. The highest BCUT2D eigenvalue weighted by Gasteiger charge is 2.12. The van der Waals surface area contributed by atoms with Gasteiger partial charge in [0.15, 0.2) is 5.11 Å². The van der Waals surface area contributed by atoms with Crippen LogP contribution in [0.25, 0.3) is 0 Å². The second-order valence-electron chi connectivity index (χ2n) is 3.63.